The topological polar surface area (TPSA) is 101 Å². The Bertz CT molecular complexity index is 808. The van der Waals surface area contributed by atoms with Gasteiger partial charge in [0.2, 0.25) is 5.60 Å². The van der Waals surface area contributed by atoms with Crippen molar-refractivity contribution < 1.29 is 38.1 Å². The molecular formula is C20H27NO8. The lowest BCUT2D eigenvalue weighted by atomic mass is 9.66. The average Bonchev–Trinajstić information content (AvgIpc) is 3.24. The van der Waals surface area contributed by atoms with E-state index in [1.807, 2.05) is 20.8 Å². The predicted molar refractivity (Wildman–Crippen MR) is 95.5 cm³/mol. The lowest BCUT2D eigenvalue weighted by molar-refractivity contribution is -0.200. The van der Waals surface area contributed by atoms with Gasteiger partial charge in [0.1, 0.15) is 24.9 Å². The zero-order valence-electron chi connectivity index (χ0n) is 17.4. The second-order valence-corrected chi connectivity index (χ2v) is 9.98. The number of piperidine rings is 1. The summed E-state index contributed by atoms with van der Waals surface area (Å²) in [6.45, 7) is 9.60. The van der Waals surface area contributed by atoms with Gasteiger partial charge in [0.25, 0.3) is 0 Å². The van der Waals surface area contributed by atoms with E-state index in [9.17, 15) is 14.4 Å². The van der Waals surface area contributed by atoms with Gasteiger partial charge in [0, 0.05) is 5.41 Å². The third-order valence-electron chi connectivity index (χ3n) is 7.97. The Morgan fingerprint density at radius 3 is 2.45 bits per heavy atom. The van der Waals surface area contributed by atoms with Crippen molar-refractivity contribution in [3.63, 3.8) is 0 Å². The smallest absolute Gasteiger partial charge is 0.410 e. The summed E-state index contributed by atoms with van der Waals surface area (Å²) in [5, 5.41) is 0. The van der Waals surface area contributed by atoms with Crippen molar-refractivity contribution in [3.8, 4) is 0 Å². The van der Waals surface area contributed by atoms with E-state index in [1.54, 1.807) is 13.8 Å². The van der Waals surface area contributed by atoms with Gasteiger partial charge in [-0.2, -0.15) is 0 Å². The number of nitrogens with zero attached hydrogens (tertiary/aromatic N) is 1. The first-order valence-electron chi connectivity index (χ1n) is 10.2. The van der Waals surface area contributed by atoms with E-state index in [4.69, 9.17) is 23.7 Å². The number of hydrogen-bond donors (Lipinski definition) is 0. The Hall–Kier alpha value is -1.87. The van der Waals surface area contributed by atoms with Crippen LogP contribution in [0.25, 0.3) is 0 Å². The van der Waals surface area contributed by atoms with Crippen LogP contribution in [0.3, 0.4) is 0 Å². The first kappa shape index (κ1) is 19.1. The summed E-state index contributed by atoms with van der Waals surface area (Å²) in [6.07, 6.45) is -1.22. The van der Waals surface area contributed by atoms with Crippen LogP contribution in [0.5, 0.6) is 0 Å². The fourth-order valence-electron chi connectivity index (χ4n) is 5.71. The van der Waals surface area contributed by atoms with Gasteiger partial charge in [-0.3, -0.25) is 9.69 Å². The minimum Gasteiger partial charge on any atom is -0.454 e. The summed E-state index contributed by atoms with van der Waals surface area (Å²) < 4.78 is 28.8. The highest BCUT2D eigenvalue weighted by Crippen LogP contribution is 2.66. The molecule has 0 spiro atoms. The fraction of sp³-hybridized carbons (Fsp3) is 0.850. The average molecular weight is 409 g/mol. The van der Waals surface area contributed by atoms with Gasteiger partial charge in [-0.1, -0.05) is 13.8 Å². The molecule has 0 radical (unpaired) electrons. The lowest BCUT2D eigenvalue weighted by Gasteiger charge is -2.41. The monoisotopic (exact) mass is 409 g/mol. The number of cyclic esters (lactones) is 1. The second-order valence-electron chi connectivity index (χ2n) is 9.98. The highest BCUT2D eigenvalue weighted by atomic mass is 16.8. The molecule has 9 heteroatoms. The van der Waals surface area contributed by atoms with E-state index in [0.717, 1.165) is 0 Å². The molecule has 0 unspecified atom stereocenters. The van der Waals surface area contributed by atoms with E-state index in [1.165, 1.54) is 4.90 Å². The van der Waals surface area contributed by atoms with E-state index in [2.05, 4.69) is 0 Å². The molecule has 2 bridgehead atoms. The molecule has 5 fully saturated rings. The Kier molecular flexibility index (Phi) is 3.58. The SMILES string of the molecule is CC1(C)O[C@@H]2[C@@H](OC(=O)[C@@]34CC[C@@](C)(C(=O)O3)C4(C)C)[C@@H]3COC(=O)N3C[C@@H]2O1. The van der Waals surface area contributed by atoms with Crippen molar-refractivity contribution >= 4 is 18.0 Å². The molecule has 4 saturated heterocycles. The number of carbonyl (C=O) groups excluding carboxylic acids is 3. The van der Waals surface area contributed by atoms with Gasteiger partial charge in [-0.25, -0.2) is 9.59 Å². The summed E-state index contributed by atoms with van der Waals surface area (Å²) >= 11 is 0. The van der Waals surface area contributed by atoms with E-state index >= 15 is 0 Å². The molecule has 160 valence electrons. The van der Waals surface area contributed by atoms with E-state index in [0.29, 0.717) is 19.4 Å². The predicted octanol–water partition coefficient (Wildman–Crippen LogP) is 1.37. The van der Waals surface area contributed by atoms with Crippen LogP contribution in [0.1, 0.15) is 47.5 Å². The maximum Gasteiger partial charge on any atom is 0.410 e. The normalized spacial score (nSPS) is 46.2. The minimum absolute atomic E-state index is 0.109. The van der Waals surface area contributed by atoms with Crippen LogP contribution in [0, 0.1) is 10.8 Å². The number of amides is 1. The first-order valence-corrected chi connectivity index (χ1v) is 10.2. The van der Waals surface area contributed by atoms with Crippen LogP contribution in [0.15, 0.2) is 0 Å². The highest BCUT2D eigenvalue weighted by molar-refractivity contribution is 5.93. The quantitative estimate of drug-likeness (QED) is 0.498. The largest absolute Gasteiger partial charge is 0.454 e. The minimum atomic E-state index is -1.34. The number of rotatable bonds is 2. The number of esters is 2. The molecule has 0 N–H and O–H groups in total. The van der Waals surface area contributed by atoms with Crippen molar-refractivity contribution in [3.05, 3.63) is 0 Å². The summed E-state index contributed by atoms with van der Waals surface area (Å²) in [5.74, 6) is -1.81. The van der Waals surface area contributed by atoms with Crippen LogP contribution in [-0.2, 0) is 33.3 Å². The second kappa shape index (κ2) is 5.43. The van der Waals surface area contributed by atoms with Gasteiger partial charge in [0.05, 0.1) is 12.0 Å². The van der Waals surface area contributed by atoms with Crippen LogP contribution in [-0.4, -0.2) is 71.8 Å². The molecule has 1 saturated carbocycles. The van der Waals surface area contributed by atoms with Gasteiger partial charge in [0.15, 0.2) is 11.9 Å². The van der Waals surface area contributed by atoms with Gasteiger partial charge >= 0.3 is 18.0 Å². The summed E-state index contributed by atoms with van der Waals surface area (Å²) in [7, 11) is 0. The standard InChI is InChI=1S/C20H27NO8/c1-17(2)19(5)6-7-20(17,29-14(19)22)15(23)26-12-10-9-25-16(24)21(10)8-11-13(12)28-18(3,4)27-11/h10-13H,6-9H2,1-5H3/t10-,11-,12-,13-,19-,20+/m0/s1. The van der Waals surface area contributed by atoms with Crippen molar-refractivity contribution in [1.29, 1.82) is 0 Å². The van der Waals surface area contributed by atoms with Crippen molar-refractivity contribution in [2.75, 3.05) is 13.2 Å². The Morgan fingerprint density at radius 1 is 1.10 bits per heavy atom. The third kappa shape index (κ3) is 2.20. The zero-order chi connectivity index (χ0) is 21.0. The highest BCUT2D eigenvalue weighted by Gasteiger charge is 2.77. The molecule has 29 heavy (non-hydrogen) atoms. The maximum atomic E-state index is 13.5. The molecule has 0 aromatic heterocycles. The van der Waals surface area contributed by atoms with Crippen LogP contribution in [0.2, 0.25) is 0 Å². The van der Waals surface area contributed by atoms with Crippen molar-refractivity contribution in [1.82, 2.24) is 4.90 Å². The number of ether oxygens (including phenoxy) is 5. The number of hydrogen-bond acceptors (Lipinski definition) is 8. The molecule has 4 aliphatic heterocycles. The molecule has 0 aromatic rings. The fourth-order valence-corrected chi connectivity index (χ4v) is 5.71. The molecule has 9 nitrogen and oxygen atoms in total. The zero-order valence-corrected chi connectivity index (χ0v) is 17.4. The van der Waals surface area contributed by atoms with Crippen molar-refractivity contribution in [2.24, 2.45) is 10.8 Å². The van der Waals surface area contributed by atoms with Gasteiger partial charge in [-0.15, -0.1) is 0 Å². The Morgan fingerprint density at radius 2 is 1.83 bits per heavy atom. The Labute approximate surface area is 168 Å². The molecule has 5 aliphatic rings. The van der Waals surface area contributed by atoms with Crippen LogP contribution in [0.4, 0.5) is 4.79 Å². The summed E-state index contributed by atoms with van der Waals surface area (Å²) in [5.41, 5.74) is -2.78. The maximum absolute atomic E-state index is 13.5. The van der Waals surface area contributed by atoms with Crippen LogP contribution < -0.4 is 0 Å². The lowest BCUT2D eigenvalue weighted by Crippen LogP contribution is -2.62. The summed E-state index contributed by atoms with van der Waals surface area (Å²) in [4.78, 5) is 39.7. The Balaban J connectivity index is 1.46. The third-order valence-corrected chi connectivity index (χ3v) is 7.97. The number of fused-ring (bicyclic) bond motifs is 4. The summed E-state index contributed by atoms with van der Waals surface area (Å²) in [6, 6.07) is -0.463. The molecule has 4 heterocycles. The molecule has 0 aromatic carbocycles. The van der Waals surface area contributed by atoms with Crippen molar-refractivity contribution in [2.45, 2.75) is 83.2 Å². The van der Waals surface area contributed by atoms with Gasteiger partial charge < -0.3 is 23.7 Å². The molecule has 1 amide bonds. The van der Waals surface area contributed by atoms with E-state index < -0.39 is 58.6 Å². The van der Waals surface area contributed by atoms with Crippen LogP contribution >= 0.6 is 0 Å². The molecular weight excluding hydrogens is 382 g/mol. The molecule has 6 atom stereocenters. The first-order chi connectivity index (χ1) is 13.4. The number of carbonyl (C=O) groups is 3. The molecule has 1 aliphatic carbocycles. The van der Waals surface area contributed by atoms with Gasteiger partial charge in [-0.05, 0) is 33.6 Å². The van der Waals surface area contributed by atoms with E-state index in [-0.39, 0.29) is 12.6 Å². The molecule has 5 rings (SSSR count).